The van der Waals surface area contributed by atoms with E-state index < -0.39 is 10.0 Å². The molecule has 5 nitrogen and oxygen atoms in total. The van der Waals surface area contributed by atoms with Crippen LogP contribution in [0.4, 0.5) is 0 Å². The maximum Gasteiger partial charge on any atom is 0.254 e. The lowest BCUT2D eigenvalue weighted by Crippen LogP contribution is -2.42. The monoisotopic (exact) mass is 352 g/mol. The standard InChI is InChI=1S/C18H28N2O3S/c1-5-19(6-2)18(21)17-13-16(11-10-14(17)3)24(22,23)20-12-8-7-9-15(20)4/h10-11,13,15H,5-9,12H2,1-4H3. The Hall–Kier alpha value is -1.40. The number of nitrogens with zero attached hydrogens (tertiary/aromatic N) is 2. The first-order chi connectivity index (χ1) is 11.3. The van der Waals surface area contributed by atoms with E-state index in [1.54, 1.807) is 27.4 Å². The Morgan fingerprint density at radius 2 is 1.92 bits per heavy atom. The largest absolute Gasteiger partial charge is 0.339 e. The summed E-state index contributed by atoms with van der Waals surface area (Å²) in [5.41, 5.74) is 1.28. The lowest BCUT2D eigenvalue weighted by atomic mass is 10.1. The number of carbonyl (C=O) groups is 1. The van der Waals surface area contributed by atoms with E-state index in [1.165, 1.54) is 0 Å². The number of amides is 1. The number of rotatable bonds is 5. The van der Waals surface area contributed by atoms with Crippen molar-refractivity contribution < 1.29 is 13.2 Å². The van der Waals surface area contributed by atoms with Gasteiger partial charge in [0, 0.05) is 31.2 Å². The Labute approximate surface area is 145 Å². The molecule has 134 valence electrons. The fourth-order valence-corrected chi connectivity index (χ4v) is 4.96. The zero-order valence-electron chi connectivity index (χ0n) is 15.1. The second-order valence-electron chi connectivity index (χ2n) is 6.41. The van der Waals surface area contributed by atoms with Crippen molar-refractivity contribution >= 4 is 15.9 Å². The summed E-state index contributed by atoms with van der Waals surface area (Å²) in [6, 6.07) is 4.91. The van der Waals surface area contributed by atoms with Gasteiger partial charge < -0.3 is 4.90 Å². The van der Waals surface area contributed by atoms with Crippen molar-refractivity contribution in [2.24, 2.45) is 0 Å². The maximum absolute atomic E-state index is 13.0. The second-order valence-corrected chi connectivity index (χ2v) is 8.31. The average molecular weight is 353 g/mol. The zero-order valence-corrected chi connectivity index (χ0v) is 15.9. The smallest absolute Gasteiger partial charge is 0.254 e. The van der Waals surface area contributed by atoms with Gasteiger partial charge in [-0.05, 0) is 58.2 Å². The van der Waals surface area contributed by atoms with E-state index >= 15 is 0 Å². The molecule has 0 radical (unpaired) electrons. The van der Waals surface area contributed by atoms with Crippen LogP contribution in [0, 0.1) is 6.92 Å². The van der Waals surface area contributed by atoms with Gasteiger partial charge >= 0.3 is 0 Å². The van der Waals surface area contributed by atoms with E-state index in [0.717, 1.165) is 24.8 Å². The Morgan fingerprint density at radius 3 is 2.50 bits per heavy atom. The molecule has 1 unspecified atom stereocenters. The molecule has 0 spiro atoms. The average Bonchev–Trinajstić information content (AvgIpc) is 2.56. The third kappa shape index (κ3) is 3.64. The first kappa shape index (κ1) is 18.9. The molecule has 0 bridgehead atoms. The highest BCUT2D eigenvalue weighted by molar-refractivity contribution is 7.89. The summed E-state index contributed by atoms with van der Waals surface area (Å²) in [7, 11) is -3.56. The van der Waals surface area contributed by atoms with E-state index in [-0.39, 0.29) is 16.8 Å². The first-order valence-corrected chi connectivity index (χ1v) is 10.2. The molecule has 1 amide bonds. The quantitative estimate of drug-likeness (QED) is 0.818. The van der Waals surface area contributed by atoms with Crippen LogP contribution in [0.5, 0.6) is 0 Å². The summed E-state index contributed by atoms with van der Waals surface area (Å²) in [5, 5.41) is 0. The lowest BCUT2D eigenvalue weighted by molar-refractivity contribution is 0.0772. The SMILES string of the molecule is CCN(CC)C(=O)c1cc(S(=O)(=O)N2CCCCC2C)ccc1C. The van der Waals surface area contributed by atoms with Crippen molar-refractivity contribution in [1.82, 2.24) is 9.21 Å². The predicted octanol–water partition coefficient (Wildman–Crippen LogP) is 3.04. The van der Waals surface area contributed by atoms with Crippen LogP contribution in [0.2, 0.25) is 0 Å². The van der Waals surface area contributed by atoms with Crippen molar-refractivity contribution in [2.45, 2.75) is 57.9 Å². The summed E-state index contributed by atoms with van der Waals surface area (Å²) < 4.78 is 27.6. The third-order valence-electron chi connectivity index (χ3n) is 4.84. The van der Waals surface area contributed by atoms with Crippen LogP contribution < -0.4 is 0 Å². The Kier molecular flexibility index (Phi) is 6.04. The number of aryl methyl sites for hydroxylation is 1. The second kappa shape index (κ2) is 7.66. The Morgan fingerprint density at radius 1 is 1.25 bits per heavy atom. The highest BCUT2D eigenvalue weighted by Crippen LogP contribution is 2.26. The van der Waals surface area contributed by atoms with E-state index in [0.29, 0.717) is 25.2 Å². The van der Waals surface area contributed by atoms with Crippen LogP contribution in [0.1, 0.15) is 56.0 Å². The van der Waals surface area contributed by atoms with Crippen LogP contribution in [-0.2, 0) is 10.0 Å². The highest BCUT2D eigenvalue weighted by atomic mass is 32.2. The van der Waals surface area contributed by atoms with Gasteiger partial charge in [-0.25, -0.2) is 8.42 Å². The molecule has 1 fully saturated rings. The molecule has 1 heterocycles. The summed E-state index contributed by atoms with van der Waals surface area (Å²) in [6.45, 7) is 9.41. The minimum atomic E-state index is -3.56. The van der Waals surface area contributed by atoms with Crippen LogP contribution >= 0.6 is 0 Å². The van der Waals surface area contributed by atoms with Crippen LogP contribution in [0.15, 0.2) is 23.1 Å². The van der Waals surface area contributed by atoms with Gasteiger partial charge in [0.1, 0.15) is 0 Å². The fourth-order valence-electron chi connectivity index (χ4n) is 3.24. The van der Waals surface area contributed by atoms with E-state index in [2.05, 4.69) is 0 Å². The molecular weight excluding hydrogens is 324 g/mol. The minimum absolute atomic E-state index is 0.00647. The van der Waals surface area contributed by atoms with Crippen molar-refractivity contribution in [3.63, 3.8) is 0 Å². The normalized spacial score (nSPS) is 19.2. The molecule has 0 aliphatic carbocycles. The first-order valence-electron chi connectivity index (χ1n) is 8.74. The molecule has 1 aromatic rings. The van der Waals surface area contributed by atoms with Crippen molar-refractivity contribution in [1.29, 1.82) is 0 Å². The van der Waals surface area contributed by atoms with Gasteiger partial charge in [-0.3, -0.25) is 4.79 Å². The highest BCUT2D eigenvalue weighted by Gasteiger charge is 2.31. The Bertz CT molecular complexity index is 696. The molecule has 1 aromatic carbocycles. The van der Waals surface area contributed by atoms with E-state index in [9.17, 15) is 13.2 Å². The van der Waals surface area contributed by atoms with Gasteiger partial charge in [-0.1, -0.05) is 12.5 Å². The predicted molar refractivity (Wildman–Crippen MR) is 95.6 cm³/mol. The molecule has 1 saturated heterocycles. The van der Waals surface area contributed by atoms with E-state index in [4.69, 9.17) is 0 Å². The zero-order chi connectivity index (χ0) is 17.9. The number of hydrogen-bond acceptors (Lipinski definition) is 3. The topological polar surface area (TPSA) is 57.7 Å². The number of benzene rings is 1. The van der Waals surface area contributed by atoms with Crippen molar-refractivity contribution in [2.75, 3.05) is 19.6 Å². The van der Waals surface area contributed by atoms with Gasteiger partial charge in [0.25, 0.3) is 5.91 Å². The van der Waals surface area contributed by atoms with Gasteiger partial charge in [-0.15, -0.1) is 0 Å². The summed E-state index contributed by atoms with van der Waals surface area (Å²) in [5.74, 6) is -0.110. The van der Waals surface area contributed by atoms with Crippen molar-refractivity contribution in [3.05, 3.63) is 29.3 Å². The van der Waals surface area contributed by atoms with Gasteiger partial charge in [-0.2, -0.15) is 4.31 Å². The molecule has 1 aliphatic rings. The number of carbonyl (C=O) groups excluding carboxylic acids is 1. The third-order valence-corrected chi connectivity index (χ3v) is 6.85. The summed E-state index contributed by atoms with van der Waals surface area (Å²) in [4.78, 5) is 14.6. The van der Waals surface area contributed by atoms with Crippen molar-refractivity contribution in [3.8, 4) is 0 Å². The molecule has 1 atom stereocenters. The molecule has 1 aliphatic heterocycles. The maximum atomic E-state index is 13.0. The minimum Gasteiger partial charge on any atom is -0.339 e. The molecule has 6 heteroatoms. The molecule has 0 saturated carbocycles. The number of hydrogen-bond donors (Lipinski definition) is 0. The molecule has 2 rings (SSSR count). The van der Waals surface area contributed by atoms with Gasteiger partial charge in [0.15, 0.2) is 0 Å². The molecule has 24 heavy (non-hydrogen) atoms. The fraction of sp³-hybridized carbons (Fsp3) is 0.611. The number of piperidine rings is 1. The summed E-state index contributed by atoms with van der Waals surface area (Å²) in [6.07, 6.45) is 2.84. The number of sulfonamides is 1. The molecular formula is C18H28N2O3S. The molecule has 0 N–H and O–H groups in total. The van der Waals surface area contributed by atoms with Gasteiger partial charge in [0.2, 0.25) is 10.0 Å². The summed E-state index contributed by atoms with van der Waals surface area (Å²) >= 11 is 0. The van der Waals surface area contributed by atoms with Gasteiger partial charge in [0.05, 0.1) is 4.90 Å². The van der Waals surface area contributed by atoms with Crippen LogP contribution in [-0.4, -0.2) is 49.2 Å². The Balaban J connectivity index is 2.41. The molecule has 0 aromatic heterocycles. The van der Waals surface area contributed by atoms with E-state index in [1.807, 2.05) is 27.7 Å². The van der Waals surface area contributed by atoms with Crippen LogP contribution in [0.25, 0.3) is 0 Å². The van der Waals surface area contributed by atoms with Crippen LogP contribution in [0.3, 0.4) is 0 Å². The lowest BCUT2D eigenvalue weighted by Gasteiger charge is -2.32.